The molecule has 0 unspecified atom stereocenters. The van der Waals surface area contributed by atoms with E-state index in [-0.39, 0.29) is 6.61 Å². The predicted molar refractivity (Wildman–Crippen MR) is 57.2 cm³/mol. The average molecular weight is 194 g/mol. The maximum absolute atomic E-state index is 9.16. The Bertz CT molecular complexity index is 306. The maximum Gasteiger partial charge on any atom is 0.101 e. The molecule has 0 aromatic rings. The van der Waals surface area contributed by atoms with Crippen LogP contribution < -0.4 is 0 Å². The number of aliphatic hydroxyl groups is 1. The van der Waals surface area contributed by atoms with Gasteiger partial charge < -0.3 is 10.0 Å². The predicted octanol–water partition coefficient (Wildman–Crippen LogP) is 1.40. The van der Waals surface area contributed by atoms with Crippen LogP contribution in [0.15, 0.2) is 16.3 Å². The molecular formula is C11H18N2O. The standard InChI is InChI=1S/C11H18N2O/c1-7-8(2)12-9(3)13-5-10(6-14)4-11(7)13/h8,10,14H,4-6H2,1-3H3/t8-,10+/m0/s1. The molecule has 1 saturated heterocycles. The number of hydrogen-bond acceptors (Lipinski definition) is 3. The summed E-state index contributed by atoms with van der Waals surface area (Å²) in [4.78, 5) is 6.84. The van der Waals surface area contributed by atoms with Crippen LogP contribution in [-0.4, -0.2) is 35.0 Å². The van der Waals surface area contributed by atoms with Crippen LogP contribution in [-0.2, 0) is 0 Å². The van der Waals surface area contributed by atoms with Gasteiger partial charge in [-0.2, -0.15) is 0 Å². The van der Waals surface area contributed by atoms with Crippen molar-refractivity contribution in [2.24, 2.45) is 10.9 Å². The Morgan fingerprint density at radius 3 is 2.86 bits per heavy atom. The molecule has 0 aromatic heterocycles. The minimum Gasteiger partial charge on any atom is -0.396 e. The van der Waals surface area contributed by atoms with E-state index in [1.807, 2.05) is 0 Å². The van der Waals surface area contributed by atoms with Crippen LogP contribution in [0.5, 0.6) is 0 Å². The van der Waals surface area contributed by atoms with E-state index in [9.17, 15) is 0 Å². The fourth-order valence-corrected chi connectivity index (χ4v) is 2.33. The first kappa shape index (κ1) is 9.71. The zero-order valence-electron chi connectivity index (χ0n) is 9.12. The fourth-order valence-electron chi connectivity index (χ4n) is 2.33. The zero-order valence-corrected chi connectivity index (χ0v) is 9.12. The molecule has 3 nitrogen and oxygen atoms in total. The van der Waals surface area contributed by atoms with E-state index in [1.165, 1.54) is 11.3 Å². The molecule has 0 spiro atoms. The number of aliphatic imine (C=N–C) groups is 1. The SMILES string of the molecule is CC1=N[C@@H](C)C(C)=C2C[C@@H](CO)CN12. The number of rotatable bonds is 1. The summed E-state index contributed by atoms with van der Waals surface area (Å²) < 4.78 is 0. The Kier molecular flexibility index (Phi) is 2.35. The van der Waals surface area contributed by atoms with Crippen molar-refractivity contribution in [3.63, 3.8) is 0 Å². The van der Waals surface area contributed by atoms with Gasteiger partial charge in [0.1, 0.15) is 5.84 Å². The van der Waals surface area contributed by atoms with E-state index in [2.05, 4.69) is 30.7 Å². The molecule has 2 aliphatic heterocycles. The van der Waals surface area contributed by atoms with Crippen LogP contribution in [0.3, 0.4) is 0 Å². The maximum atomic E-state index is 9.16. The number of fused-ring (bicyclic) bond motifs is 1. The summed E-state index contributed by atoms with van der Waals surface area (Å²) in [6, 6.07) is 0.318. The quantitative estimate of drug-likeness (QED) is 0.685. The van der Waals surface area contributed by atoms with Crippen molar-refractivity contribution in [2.45, 2.75) is 33.2 Å². The van der Waals surface area contributed by atoms with Gasteiger partial charge in [0.15, 0.2) is 0 Å². The Balaban J connectivity index is 2.30. The molecule has 1 fully saturated rings. The van der Waals surface area contributed by atoms with Crippen molar-refractivity contribution in [3.05, 3.63) is 11.3 Å². The van der Waals surface area contributed by atoms with Crippen LogP contribution in [0.1, 0.15) is 27.2 Å². The van der Waals surface area contributed by atoms with Gasteiger partial charge >= 0.3 is 0 Å². The van der Waals surface area contributed by atoms with E-state index < -0.39 is 0 Å². The minimum atomic E-state index is 0.287. The van der Waals surface area contributed by atoms with Gasteiger partial charge in [0.25, 0.3) is 0 Å². The molecular weight excluding hydrogens is 176 g/mol. The second kappa shape index (κ2) is 3.39. The summed E-state index contributed by atoms with van der Waals surface area (Å²) in [6.07, 6.45) is 1.01. The van der Waals surface area contributed by atoms with E-state index in [4.69, 9.17) is 5.11 Å². The van der Waals surface area contributed by atoms with Crippen LogP contribution >= 0.6 is 0 Å². The Labute approximate surface area is 85.1 Å². The molecule has 0 radical (unpaired) electrons. The highest BCUT2D eigenvalue weighted by Gasteiger charge is 2.32. The van der Waals surface area contributed by atoms with E-state index in [0.29, 0.717) is 12.0 Å². The Hall–Kier alpha value is -0.830. The number of amidine groups is 1. The van der Waals surface area contributed by atoms with Crippen molar-refractivity contribution < 1.29 is 5.11 Å². The summed E-state index contributed by atoms with van der Waals surface area (Å²) in [7, 11) is 0. The fraction of sp³-hybridized carbons (Fsp3) is 0.727. The lowest BCUT2D eigenvalue weighted by atomic mass is 10.0. The van der Waals surface area contributed by atoms with E-state index >= 15 is 0 Å². The largest absolute Gasteiger partial charge is 0.396 e. The monoisotopic (exact) mass is 194 g/mol. The smallest absolute Gasteiger partial charge is 0.101 e. The van der Waals surface area contributed by atoms with Gasteiger partial charge in [0.2, 0.25) is 0 Å². The normalized spacial score (nSPS) is 32.0. The van der Waals surface area contributed by atoms with Gasteiger partial charge in [-0.3, -0.25) is 4.99 Å². The van der Waals surface area contributed by atoms with Gasteiger partial charge in [-0.15, -0.1) is 0 Å². The molecule has 0 bridgehead atoms. The van der Waals surface area contributed by atoms with Gasteiger partial charge in [-0.1, -0.05) is 0 Å². The number of hydrogen-bond donors (Lipinski definition) is 1. The summed E-state index contributed by atoms with van der Waals surface area (Å²) in [5.74, 6) is 1.50. The van der Waals surface area contributed by atoms with Crippen molar-refractivity contribution in [3.8, 4) is 0 Å². The summed E-state index contributed by atoms with van der Waals surface area (Å²) in [6.45, 7) is 7.57. The highest BCUT2D eigenvalue weighted by Crippen LogP contribution is 2.33. The molecule has 1 N–H and O–H groups in total. The summed E-state index contributed by atoms with van der Waals surface area (Å²) in [5.41, 5.74) is 2.76. The molecule has 2 atom stereocenters. The lowest BCUT2D eigenvalue weighted by Gasteiger charge is -2.28. The summed E-state index contributed by atoms with van der Waals surface area (Å²) >= 11 is 0. The highest BCUT2D eigenvalue weighted by molar-refractivity contribution is 5.83. The molecule has 0 saturated carbocycles. The van der Waals surface area contributed by atoms with Crippen molar-refractivity contribution >= 4 is 5.84 Å². The first-order chi connectivity index (χ1) is 6.63. The molecule has 14 heavy (non-hydrogen) atoms. The molecule has 2 heterocycles. The van der Waals surface area contributed by atoms with Crippen LogP contribution in [0.25, 0.3) is 0 Å². The molecule has 78 valence electrons. The van der Waals surface area contributed by atoms with Crippen molar-refractivity contribution in [2.75, 3.05) is 13.2 Å². The van der Waals surface area contributed by atoms with Gasteiger partial charge in [-0.25, -0.2) is 0 Å². The van der Waals surface area contributed by atoms with Crippen molar-refractivity contribution in [1.29, 1.82) is 0 Å². The molecule has 3 heteroatoms. The first-order valence-electron chi connectivity index (χ1n) is 5.26. The Morgan fingerprint density at radius 2 is 2.21 bits per heavy atom. The number of aliphatic hydroxyl groups excluding tert-OH is 1. The lowest BCUT2D eigenvalue weighted by molar-refractivity contribution is 0.232. The first-order valence-corrected chi connectivity index (χ1v) is 5.26. The van der Waals surface area contributed by atoms with Crippen LogP contribution in [0.2, 0.25) is 0 Å². The van der Waals surface area contributed by atoms with Crippen molar-refractivity contribution in [1.82, 2.24) is 4.90 Å². The average Bonchev–Trinajstić information content (AvgIpc) is 2.58. The lowest BCUT2D eigenvalue weighted by Crippen LogP contribution is -2.31. The highest BCUT2D eigenvalue weighted by atomic mass is 16.3. The van der Waals surface area contributed by atoms with Crippen LogP contribution in [0, 0.1) is 5.92 Å². The molecule has 0 aliphatic carbocycles. The third-order valence-corrected chi connectivity index (χ3v) is 3.36. The van der Waals surface area contributed by atoms with Gasteiger partial charge in [0, 0.05) is 24.8 Å². The topological polar surface area (TPSA) is 35.8 Å². The van der Waals surface area contributed by atoms with E-state index in [0.717, 1.165) is 18.8 Å². The second-order valence-corrected chi connectivity index (χ2v) is 4.35. The second-order valence-electron chi connectivity index (χ2n) is 4.35. The third kappa shape index (κ3) is 1.36. The third-order valence-electron chi connectivity index (χ3n) is 3.36. The zero-order chi connectivity index (χ0) is 10.3. The molecule has 2 aliphatic rings. The summed E-state index contributed by atoms with van der Waals surface area (Å²) in [5, 5.41) is 9.16. The van der Waals surface area contributed by atoms with Crippen LogP contribution in [0.4, 0.5) is 0 Å². The number of allylic oxidation sites excluding steroid dienone is 1. The van der Waals surface area contributed by atoms with Gasteiger partial charge in [-0.05, 0) is 32.8 Å². The molecule has 2 rings (SSSR count). The van der Waals surface area contributed by atoms with Gasteiger partial charge in [0.05, 0.1) is 6.04 Å². The number of nitrogens with zero attached hydrogens (tertiary/aromatic N) is 2. The Morgan fingerprint density at radius 1 is 1.50 bits per heavy atom. The minimum absolute atomic E-state index is 0.287. The van der Waals surface area contributed by atoms with E-state index in [1.54, 1.807) is 0 Å². The molecule has 0 amide bonds. The molecule has 0 aromatic carbocycles.